The Hall–Kier alpha value is 0.137. The topological polar surface area (TPSA) is 21.8 Å². The molecule has 0 saturated carbocycles. The van der Waals surface area contributed by atoms with Gasteiger partial charge in [0, 0.05) is 16.8 Å². The normalized spacial score (nSPS) is 21.5. The fourth-order valence-electron chi connectivity index (χ4n) is 1.19. The average molecular weight is 188 g/mol. The Labute approximate surface area is 78.1 Å². The lowest BCUT2D eigenvalue weighted by Gasteiger charge is -2.01. The van der Waals surface area contributed by atoms with E-state index in [1.54, 1.807) is 0 Å². The smallest absolute Gasteiger partial charge is 0.104 e. The largest absolute Gasteiger partial charge is 0.379 e. The number of unbranched alkanes of at least 4 members (excludes halogenated alkanes) is 3. The molecule has 3 heteroatoms. The predicted molar refractivity (Wildman–Crippen MR) is 53.8 cm³/mol. The second kappa shape index (κ2) is 6.63. The minimum atomic E-state index is 0.437. The van der Waals surface area contributed by atoms with Gasteiger partial charge < -0.3 is 9.47 Å². The van der Waals surface area contributed by atoms with Crippen LogP contribution >= 0.6 is 0 Å². The van der Waals surface area contributed by atoms with Gasteiger partial charge >= 0.3 is 0 Å². The molecule has 0 aromatic rings. The van der Waals surface area contributed by atoms with Crippen molar-refractivity contribution in [1.29, 1.82) is 0 Å². The Balaban J connectivity index is 1.65. The number of hydrogen-bond donors (Lipinski definition) is 0. The highest BCUT2D eigenvalue weighted by Gasteiger charge is 2.21. The van der Waals surface area contributed by atoms with Crippen LogP contribution in [0.2, 0.25) is 6.04 Å². The molecule has 0 aromatic heterocycles. The average Bonchev–Trinajstić information content (AvgIpc) is 2.87. The van der Waals surface area contributed by atoms with Crippen LogP contribution < -0.4 is 0 Å². The van der Waals surface area contributed by atoms with Crippen LogP contribution in [0.3, 0.4) is 0 Å². The second-order valence-electron chi connectivity index (χ2n) is 3.44. The van der Waals surface area contributed by atoms with Gasteiger partial charge in [0.15, 0.2) is 0 Å². The number of rotatable bonds is 8. The molecule has 1 fully saturated rings. The maximum atomic E-state index is 5.42. The van der Waals surface area contributed by atoms with E-state index in [1.807, 2.05) is 0 Å². The monoisotopic (exact) mass is 188 g/mol. The van der Waals surface area contributed by atoms with Crippen LogP contribution in [0.15, 0.2) is 0 Å². The van der Waals surface area contributed by atoms with Gasteiger partial charge in [-0.1, -0.05) is 25.3 Å². The first-order chi connectivity index (χ1) is 5.93. The first kappa shape index (κ1) is 10.2. The lowest BCUT2D eigenvalue weighted by atomic mass is 10.2. The molecule has 2 nitrogen and oxygen atoms in total. The van der Waals surface area contributed by atoms with Crippen molar-refractivity contribution in [2.75, 3.05) is 19.8 Å². The Kier molecular flexibility index (Phi) is 5.65. The zero-order chi connectivity index (χ0) is 8.65. The molecule has 0 radical (unpaired) electrons. The van der Waals surface area contributed by atoms with E-state index in [1.165, 1.54) is 42.0 Å². The lowest BCUT2D eigenvalue weighted by Crippen LogP contribution is -2.02. The van der Waals surface area contributed by atoms with Crippen LogP contribution in [0.5, 0.6) is 0 Å². The van der Waals surface area contributed by atoms with Gasteiger partial charge in [0.05, 0.1) is 13.2 Å². The van der Waals surface area contributed by atoms with Crippen molar-refractivity contribution in [3.05, 3.63) is 0 Å². The van der Waals surface area contributed by atoms with Crippen LogP contribution in [0.25, 0.3) is 0 Å². The maximum Gasteiger partial charge on any atom is 0.104 e. The molecule has 1 atom stereocenters. The van der Waals surface area contributed by atoms with Crippen LogP contribution in [0, 0.1) is 0 Å². The van der Waals surface area contributed by atoms with E-state index in [0.29, 0.717) is 6.10 Å². The lowest BCUT2D eigenvalue weighted by molar-refractivity contribution is 0.113. The van der Waals surface area contributed by atoms with Gasteiger partial charge in [-0.15, -0.1) is 0 Å². The van der Waals surface area contributed by atoms with Crippen molar-refractivity contribution in [2.45, 2.75) is 37.8 Å². The van der Waals surface area contributed by atoms with Crippen molar-refractivity contribution >= 4 is 10.2 Å². The first-order valence-corrected chi connectivity index (χ1v) is 6.54. The van der Waals surface area contributed by atoms with Gasteiger partial charge in [-0.3, -0.25) is 0 Å². The number of ether oxygens (including phenoxy) is 2. The molecular weight excluding hydrogens is 168 g/mol. The summed E-state index contributed by atoms with van der Waals surface area (Å²) in [6.07, 6.45) is 5.83. The summed E-state index contributed by atoms with van der Waals surface area (Å²) in [4.78, 5) is 0. The molecule has 1 aliphatic rings. The summed E-state index contributed by atoms with van der Waals surface area (Å²) in [5.41, 5.74) is 0. The van der Waals surface area contributed by atoms with Crippen LogP contribution in [-0.4, -0.2) is 36.2 Å². The van der Waals surface area contributed by atoms with Crippen LogP contribution in [0.4, 0.5) is 0 Å². The molecule has 1 saturated heterocycles. The fourth-order valence-corrected chi connectivity index (χ4v) is 1.69. The van der Waals surface area contributed by atoms with Crippen molar-refractivity contribution in [2.24, 2.45) is 0 Å². The summed E-state index contributed by atoms with van der Waals surface area (Å²) in [7, 11) is 1.37. The van der Waals surface area contributed by atoms with E-state index >= 15 is 0 Å². The molecular formula is C9H20O2Si. The van der Waals surface area contributed by atoms with E-state index < -0.39 is 0 Å². The van der Waals surface area contributed by atoms with Crippen LogP contribution in [-0.2, 0) is 9.47 Å². The number of hydrogen-bond acceptors (Lipinski definition) is 2. The van der Waals surface area contributed by atoms with Crippen molar-refractivity contribution < 1.29 is 9.47 Å². The summed E-state index contributed by atoms with van der Waals surface area (Å²) >= 11 is 0. The minimum absolute atomic E-state index is 0.437. The van der Waals surface area contributed by atoms with Gasteiger partial charge in [-0.25, -0.2) is 0 Å². The van der Waals surface area contributed by atoms with E-state index in [-0.39, 0.29) is 0 Å². The highest BCUT2D eigenvalue weighted by atomic mass is 28.1. The number of epoxide rings is 1. The van der Waals surface area contributed by atoms with E-state index in [4.69, 9.17) is 9.47 Å². The molecule has 1 aliphatic heterocycles. The van der Waals surface area contributed by atoms with Crippen LogP contribution in [0.1, 0.15) is 25.7 Å². The third-order valence-electron chi connectivity index (χ3n) is 2.10. The van der Waals surface area contributed by atoms with Crippen molar-refractivity contribution in [3.63, 3.8) is 0 Å². The summed E-state index contributed by atoms with van der Waals surface area (Å²) in [6, 6.07) is 1.46. The SMILES string of the molecule is [SiH3]CCCCCCOCC1CO1. The zero-order valence-electron chi connectivity index (χ0n) is 8.05. The third-order valence-corrected chi connectivity index (χ3v) is 2.81. The van der Waals surface area contributed by atoms with Gasteiger partial charge in [-0.05, 0) is 6.42 Å². The molecule has 72 valence electrons. The second-order valence-corrected chi connectivity index (χ2v) is 4.44. The molecule has 0 aromatic carbocycles. The molecule has 1 unspecified atom stereocenters. The van der Waals surface area contributed by atoms with Crippen molar-refractivity contribution in [1.82, 2.24) is 0 Å². The Morgan fingerprint density at radius 2 is 2.00 bits per heavy atom. The first-order valence-electron chi connectivity index (χ1n) is 5.13. The minimum Gasteiger partial charge on any atom is -0.379 e. The van der Waals surface area contributed by atoms with Gasteiger partial charge in [0.25, 0.3) is 0 Å². The molecule has 1 heterocycles. The summed E-state index contributed by atoms with van der Waals surface area (Å²) < 4.78 is 10.5. The Bertz CT molecular complexity index is 105. The molecule has 0 N–H and O–H groups in total. The predicted octanol–water partition coefficient (Wildman–Crippen LogP) is 0.746. The van der Waals surface area contributed by atoms with E-state index in [2.05, 4.69) is 0 Å². The molecule has 0 amide bonds. The summed E-state index contributed by atoms with van der Waals surface area (Å²) in [5.74, 6) is 0. The summed E-state index contributed by atoms with van der Waals surface area (Å²) in [5, 5.41) is 0. The van der Waals surface area contributed by atoms with E-state index in [0.717, 1.165) is 19.8 Å². The molecule has 12 heavy (non-hydrogen) atoms. The van der Waals surface area contributed by atoms with Gasteiger partial charge in [-0.2, -0.15) is 0 Å². The molecule has 0 aliphatic carbocycles. The highest BCUT2D eigenvalue weighted by molar-refractivity contribution is 6.08. The molecule has 0 spiro atoms. The maximum absolute atomic E-state index is 5.42. The Morgan fingerprint density at radius 3 is 2.67 bits per heavy atom. The zero-order valence-corrected chi connectivity index (χ0v) is 10.1. The van der Waals surface area contributed by atoms with Crippen molar-refractivity contribution in [3.8, 4) is 0 Å². The highest BCUT2D eigenvalue weighted by Crippen LogP contribution is 2.09. The standard InChI is InChI=1S/C9H20O2Si/c12-6-4-2-1-3-5-10-7-9-8-11-9/h9H,1-8H2,12H3. The molecule has 1 rings (SSSR count). The molecule has 0 bridgehead atoms. The quantitative estimate of drug-likeness (QED) is 0.318. The third kappa shape index (κ3) is 5.74. The fraction of sp³-hybridized carbons (Fsp3) is 1.00. The van der Waals surface area contributed by atoms with E-state index in [9.17, 15) is 0 Å². The van der Waals surface area contributed by atoms with Gasteiger partial charge in [0.1, 0.15) is 6.10 Å². The summed E-state index contributed by atoms with van der Waals surface area (Å²) in [6.45, 7) is 2.67. The van der Waals surface area contributed by atoms with Gasteiger partial charge in [0.2, 0.25) is 0 Å². The Morgan fingerprint density at radius 1 is 1.25 bits per heavy atom.